The van der Waals surface area contributed by atoms with Gasteiger partial charge in [-0.1, -0.05) is 18.2 Å². The first-order valence-corrected chi connectivity index (χ1v) is 9.94. The van der Waals surface area contributed by atoms with Crippen LogP contribution in [0.3, 0.4) is 0 Å². The Morgan fingerprint density at radius 2 is 1.68 bits per heavy atom. The van der Waals surface area contributed by atoms with Gasteiger partial charge in [0.25, 0.3) is 0 Å². The van der Waals surface area contributed by atoms with Crippen molar-refractivity contribution in [3.05, 3.63) is 59.2 Å². The Kier molecular flexibility index (Phi) is 5.13. The van der Waals surface area contributed by atoms with Crippen molar-refractivity contribution in [3.8, 4) is 0 Å². The van der Waals surface area contributed by atoms with E-state index in [9.17, 15) is 8.42 Å². The highest BCUT2D eigenvalue weighted by atomic mass is 32.2. The van der Waals surface area contributed by atoms with Crippen molar-refractivity contribution in [1.29, 1.82) is 0 Å². The summed E-state index contributed by atoms with van der Waals surface area (Å²) in [6.45, 7) is 7.19. The molecule has 2 aromatic carbocycles. The average molecular weight is 359 g/mol. The molecule has 1 aliphatic heterocycles. The molecular weight excluding hydrogens is 334 g/mol. The third-order valence-electron chi connectivity index (χ3n) is 4.80. The van der Waals surface area contributed by atoms with Gasteiger partial charge in [-0.05, 0) is 54.8 Å². The smallest absolute Gasteiger partial charge is 0.243 e. The van der Waals surface area contributed by atoms with Gasteiger partial charge in [0.15, 0.2) is 0 Å². The third kappa shape index (κ3) is 4.03. The van der Waals surface area contributed by atoms with E-state index in [1.54, 1.807) is 16.4 Å². The van der Waals surface area contributed by atoms with E-state index in [0.717, 1.165) is 42.0 Å². The van der Waals surface area contributed by atoms with Crippen molar-refractivity contribution in [2.75, 3.05) is 31.9 Å². The summed E-state index contributed by atoms with van der Waals surface area (Å²) in [6, 6.07) is 13.2. The molecule has 5 nitrogen and oxygen atoms in total. The molecule has 0 radical (unpaired) electrons. The molecule has 1 aliphatic rings. The lowest BCUT2D eigenvalue weighted by atomic mass is 10.1. The molecule has 0 bridgehead atoms. The number of hydrogen-bond acceptors (Lipinski definition) is 4. The zero-order valence-electron chi connectivity index (χ0n) is 14.8. The molecule has 0 aliphatic carbocycles. The highest BCUT2D eigenvalue weighted by Crippen LogP contribution is 2.21. The van der Waals surface area contributed by atoms with Crippen molar-refractivity contribution >= 4 is 15.7 Å². The van der Waals surface area contributed by atoms with E-state index in [4.69, 9.17) is 5.73 Å². The minimum Gasteiger partial charge on any atom is -0.399 e. The number of nitrogen functional groups attached to an aromatic ring is 1. The van der Waals surface area contributed by atoms with Gasteiger partial charge in [-0.3, -0.25) is 4.90 Å². The van der Waals surface area contributed by atoms with Crippen LogP contribution < -0.4 is 5.73 Å². The van der Waals surface area contributed by atoms with Gasteiger partial charge in [0.1, 0.15) is 0 Å². The molecular formula is C19H25N3O2S. The number of nitrogens with zero attached hydrogens (tertiary/aromatic N) is 2. The summed E-state index contributed by atoms with van der Waals surface area (Å²) in [5.74, 6) is 0. The van der Waals surface area contributed by atoms with Crippen LogP contribution in [0.2, 0.25) is 0 Å². The molecule has 0 spiro atoms. The third-order valence-corrected chi connectivity index (χ3v) is 6.70. The molecule has 1 saturated heterocycles. The summed E-state index contributed by atoms with van der Waals surface area (Å²) < 4.78 is 27.3. The van der Waals surface area contributed by atoms with Gasteiger partial charge in [0.05, 0.1) is 4.90 Å². The van der Waals surface area contributed by atoms with Crippen LogP contribution >= 0.6 is 0 Å². The van der Waals surface area contributed by atoms with Crippen molar-refractivity contribution in [2.24, 2.45) is 0 Å². The molecule has 6 heteroatoms. The summed E-state index contributed by atoms with van der Waals surface area (Å²) in [5.41, 5.74) is 9.84. The SMILES string of the molecule is Cc1ccc(S(=O)(=O)N2CCN(Cc3cccc(N)c3)CC2)cc1C. The van der Waals surface area contributed by atoms with Crippen LogP contribution in [-0.4, -0.2) is 43.8 Å². The summed E-state index contributed by atoms with van der Waals surface area (Å²) in [4.78, 5) is 2.65. The predicted molar refractivity (Wildman–Crippen MR) is 101 cm³/mol. The first-order valence-electron chi connectivity index (χ1n) is 8.50. The fourth-order valence-electron chi connectivity index (χ4n) is 3.10. The number of benzene rings is 2. The topological polar surface area (TPSA) is 66.6 Å². The monoisotopic (exact) mass is 359 g/mol. The fraction of sp³-hybridized carbons (Fsp3) is 0.368. The minimum absolute atomic E-state index is 0.389. The molecule has 1 fully saturated rings. The zero-order valence-corrected chi connectivity index (χ0v) is 15.6. The van der Waals surface area contributed by atoms with Crippen LogP contribution in [0.5, 0.6) is 0 Å². The van der Waals surface area contributed by atoms with Gasteiger partial charge in [-0.2, -0.15) is 4.31 Å². The van der Waals surface area contributed by atoms with Crippen molar-refractivity contribution in [2.45, 2.75) is 25.3 Å². The number of sulfonamides is 1. The van der Waals surface area contributed by atoms with E-state index in [-0.39, 0.29) is 0 Å². The molecule has 0 amide bonds. The zero-order chi connectivity index (χ0) is 18.0. The van der Waals surface area contributed by atoms with E-state index in [1.165, 1.54) is 0 Å². The van der Waals surface area contributed by atoms with E-state index in [1.807, 2.05) is 38.1 Å². The van der Waals surface area contributed by atoms with Crippen LogP contribution in [0.25, 0.3) is 0 Å². The van der Waals surface area contributed by atoms with Gasteiger partial charge >= 0.3 is 0 Å². The summed E-state index contributed by atoms with van der Waals surface area (Å²) in [7, 11) is -3.42. The minimum atomic E-state index is -3.42. The fourth-order valence-corrected chi connectivity index (χ4v) is 4.61. The van der Waals surface area contributed by atoms with Gasteiger partial charge in [-0.25, -0.2) is 8.42 Å². The lowest BCUT2D eigenvalue weighted by Crippen LogP contribution is -2.48. The lowest BCUT2D eigenvalue weighted by Gasteiger charge is -2.34. The van der Waals surface area contributed by atoms with E-state index < -0.39 is 10.0 Å². The molecule has 1 heterocycles. The standard InChI is InChI=1S/C19H25N3O2S/c1-15-6-7-19(12-16(15)2)25(23,24)22-10-8-21(9-11-22)14-17-4-3-5-18(20)13-17/h3-7,12-13H,8-11,14,20H2,1-2H3. The number of nitrogens with two attached hydrogens (primary N) is 1. The second-order valence-electron chi connectivity index (χ2n) is 6.67. The molecule has 2 N–H and O–H groups in total. The largest absolute Gasteiger partial charge is 0.399 e. The number of rotatable bonds is 4. The Bertz CT molecular complexity index is 857. The molecule has 0 aromatic heterocycles. The normalized spacial score (nSPS) is 16.9. The number of anilines is 1. The van der Waals surface area contributed by atoms with Crippen molar-refractivity contribution in [1.82, 2.24) is 9.21 Å². The Labute approximate surface area is 150 Å². The number of aryl methyl sites for hydroxylation is 2. The molecule has 0 unspecified atom stereocenters. The van der Waals surface area contributed by atoms with Crippen LogP contribution in [0.4, 0.5) is 5.69 Å². The molecule has 25 heavy (non-hydrogen) atoms. The maximum absolute atomic E-state index is 12.9. The maximum atomic E-state index is 12.9. The van der Waals surface area contributed by atoms with Crippen LogP contribution in [0.1, 0.15) is 16.7 Å². The first kappa shape index (κ1) is 17.9. The Balaban J connectivity index is 1.66. The van der Waals surface area contributed by atoms with Crippen LogP contribution in [-0.2, 0) is 16.6 Å². The van der Waals surface area contributed by atoms with Gasteiger partial charge in [0.2, 0.25) is 10.0 Å². The van der Waals surface area contributed by atoms with Gasteiger partial charge in [0, 0.05) is 38.4 Å². The molecule has 0 atom stereocenters. The summed E-state index contributed by atoms with van der Waals surface area (Å²) >= 11 is 0. The Morgan fingerprint density at radius 1 is 0.960 bits per heavy atom. The molecule has 2 aromatic rings. The average Bonchev–Trinajstić information content (AvgIpc) is 2.58. The molecule has 134 valence electrons. The second-order valence-corrected chi connectivity index (χ2v) is 8.61. The number of hydrogen-bond donors (Lipinski definition) is 1. The highest BCUT2D eigenvalue weighted by molar-refractivity contribution is 7.89. The van der Waals surface area contributed by atoms with Crippen LogP contribution in [0, 0.1) is 13.8 Å². The summed E-state index contributed by atoms with van der Waals surface area (Å²) in [6.07, 6.45) is 0. The molecule has 0 saturated carbocycles. The van der Waals surface area contributed by atoms with E-state index in [0.29, 0.717) is 18.0 Å². The highest BCUT2D eigenvalue weighted by Gasteiger charge is 2.28. The quantitative estimate of drug-likeness (QED) is 0.851. The van der Waals surface area contributed by atoms with Crippen molar-refractivity contribution < 1.29 is 8.42 Å². The van der Waals surface area contributed by atoms with Crippen LogP contribution in [0.15, 0.2) is 47.4 Å². The Hall–Kier alpha value is -1.89. The van der Waals surface area contributed by atoms with E-state index in [2.05, 4.69) is 11.0 Å². The maximum Gasteiger partial charge on any atom is 0.243 e. The van der Waals surface area contributed by atoms with Crippen molar-refractivity contribution in [3.63, 3.8) is 0 Å². The summed E-state index contributed by atoms with van der Waals surface area (Å²) in [5, 5.41) is 0. The lowest BCUT2D eigenvalue weighted by molar-refractivity contribution is 0.181. The van der Waals surface area contributed by atoms with Gasteiger partial charge < -0.3 is 5.73 Å². The molecule has 3 rings (SSSR count). The first-order chi connectivity index (χ1) is 11.9. The second kappa shape index (κ2) is 7.15. The van der Waals surface area contributed by atoms with Gasteiger partial charge in [-0.15, -0.1) is 0 Å². The number of piperazine rings is 1. The Morgan fingerprint density at radius 3 is 2.32 bits per heavy atom. The predicted octanol–water partition coefficient (Wildman–Crippen LogP) is 2.39. The van der Waals surface area contributed by atoms with E-state index >= 15 is 0 Å².